The topological polar surface area (TPSA) is 96.1 Å². The molecule has 0 bridgehead atoms. The molecular weight excluding hydrogens is 258 g/mol. The number of carbonyl (C=O) groups is 1. The number of aryl methyl sites for hydroxylation is 1. The highest BCUT2D eigenvalue weighted by Gasteiger charge is 2.10. The number of nitrogens with zero attached hydrogens (tertiary/aromatic N) is 3. The lowest BCUT2D eigenvalue weighted by atomic mass is 10.2. The van der Waals surface area contributed by atoms with Crippen molar-refractivity contribution in [1.29, 1.82) is 5.26 Å². The molecule has 0 aliphatic heterocycles. The molecule has 6 nitrogen and oxygen atoms in total. The van der Waals surface area contributed by atoms with Crippen LogP contribution in [0.2, 0.25) is 0 Å². The zero-order chi connectivity index (χ0) is 14.5. The minimum Gasteiger partial charge on any atom is -0.478 e. The van der Waals surface area contributed by atoms with Crippen LogP contribution in [0.4, 0.5) is 0 Å². The van der Waals surface area contributed by atoms with Crippen LogP contribution in [0, 0.1) is 18.3 Å². The Labute approximate surface area is 115 Å². The normalized spacial score (nSPS) is 9.80. The molecule has 0 aliphatic rings. The van der Waals surface area contributed by atoms with Crippen LogP contribution in [0.1, 0.15) is 21.6 Å². The summed E-state index contributed by atoms with van der Waals surface area (Å²) in [6.07, 6.45) is 1.55. The molecule has 0 unspecified atom stereocenters. The average Bonchev–Trinajstić information content (AvgIpc) is 2.41. The van der Waals surface area contributed by atoms with E-state index in [1.54, 1.807) is 31.2 Å². The fourth-order valence-corrected chi connectivity index (χ4v) is 1.58. The van der Waals surface area contributed by atoms with Gasteiger partial charge in [-0.1, -0.05) is 12.1 Å². The van der Waals surface area contributed by atoms with Crippen molar-refractivity contribution >= 4 is 5.97 Å². The van der Waals surface area contributed by atoms with Gasteiger partial charge in [-0.3, -0.25) is 0 Å². The van der Waals surface area contributed by atoms with Crippen LogP contribution in [-0.2, 0) is 6.42 Å². The Kier molecular flexibility index (Phi) is 3.91. The molecule has 0 radical (unpaired) electrons. The molecule has 2 aromatic rings. The second-order valence-electron chi connectivity index (χ2n) is 4.04. The molecule has 0 amide bonds. The maximum Gasteiger partial charge on any atom is 0.339 e. The first kappa shape index (κ1) is 13.5. The van der Waals surface area contributed by atoms with E-state index in [1.807, 2.05) is 0 Å². The maximum absolute atomic E-state index is 10.8. The van der Waals surface area contributed by atoms with Gasteiger partial charge in [-0.25, -0.2) is 9.78 Å². The maximum atomic E-state index is 10.8. The molecule has 0 fully saturated rings. The monoisotopic (exact) mass is 269 g/mol. The van der Waals surface area contributed by atoms with Gasteiger partial charge < -0.3 is 9.84 Å². The smallest absolute Gasteiger partial charge is 0.339 e. The first-order chi connectivity index (χ1) is 9.60. The first-order valence-corrected chi connectivity index (χ1v) is 5.81. The molecule has 1 aromatic carbocycles. The number of carboxylic acid groups (broad SMARTS) is 1. The fraction of sp³-hybridized carbons (Fsp3) is 0.143. The summed E-state index contributed by atoms with van der Waals surface area (Å²) in [5.41, 5.74) is 1.27. The van der Waals surface area contributed by atoms with Gasteiger partial charge in [0.2, 0.25) is 0 Å². The molecule has 0 spiro atoms. The number of aromatic nitrogens is 2. The van der Waals surface area contributed by atoms with Crippen molar-refractivity contribution in [2.45, 2.75) is 13.3 Å². The number of carboxylic acids is 1. The third-order valence-corrected chi connectivity index (χ3v) is 2.60. The SMILES string of the molecule is Cc1nc(Oc2ccc(CC#N)cc2)ncc1C(=O)O. The second-order valence-corrected chi connectivity index (χ2v) is 4.04. The largest absolute Gasteiger partial charge is 0.478 e. The van der Waals surface area contributed by atoms with Crippen molar-refractivity contribution in [2.75, 3.05) is 0 Å². The number of benzene rings is 1. The Hall–Kier alpha value is -2.94. The van der Waals surface area contributed by atoms with Gasteiger partial charge in [-0.05, 0) is 24.6 Å². The number of hydrogen-bond donors (Lipinski definition) is 1. The van der Waals surface area contributed by atoms with Crippen molar-refractivity contribution < 1.29 is 14.6 Å². The molecule has 20 heavy (non-hydrogen) atoms. The highest BCUT2D eigenvalue weighted by atomic mass is 16.5. The van der Waals surface area contributed by atoms with E-state index in [0.717, 1.165) is 5.56 Å². The van der Waals surface area contributed by atoms with Crippen molar-refractivity contribution in [3.63, 3.8) is 0 Å². The van der Waals surface area contributed by atoms with Crippen LogP contribution in [0.15, 0.2) is 30.5 Å². The Balaban J connectivity index is 2.16. The van der Waals surface area contributed by atoms with Crippen molar-refractivity contribution in [1.82, 2.24) is 9.97 Å². The number of nitriles is 1. The minimum atomic E-state index is -1.07. The number of aromatic carboxylic acids is 1. The second kappa shape index (κ2) is 5.80. The van der Waals surface area contributed by atoms with Crippen molar-refractivity contribution in [2.24, 2.45) is 0 Å². The van der Waals surface area contributed by atoms with E-state index in [-0.39, 0.29) is 11.6 Å². The molecule has 0 atom stereocenters. The molecule has 1 N–H and O–H groups in total. The van der Waals surface area contributed by atoms with Crippen LogP contribution < -0.4 is 4.74 Å². The Bertz CT molecular complexity index is 675. The molecule has 1 aromatic heterocycles. The van der Waals surface area contributed by atoms with Crippen LogP contribution in [-0.4, -0.2) is 21.0 Å². The lowest BCUT2D eigenvalue weighted by Gasteiger charge is -2.06. The zero-order valence-corrected chi connectivity index (χ0v) is 10.7. The highest BCUT2D eigenvalue weighted by Crippen LogP contribution is 2.19. The van der Waals surface area contributed by atoms with E-state index in [9.17, 15) is 4.79 Å². The van der Waals surface area contributed by atoms with Gasteiger partial charge in [0.15, 0.2) is 0 Å². The summed E-state index contributed by atoms with van der Waals surface area (Å²) in [5, 5.41) is 17.5. The van der Waals surface area contributed by atoms with E-state index in [2.05, 4.69) is 16.0 Å². The van der Waals surface area contributed by atoms with Gasteiger partial charge in [0.05, 0.1) is 23.7 Å². The minimum absolute atomic E-state index is 0.0433. The van der Waals surface area contributed by atoms with Crippen LogP contribution in [0.5, 0.6) is 11.8 Å². The Morgan fingerprint density at radius 2 is 2.10 bits per heavy atom. The van der Waals surface area contributed by atoms with Gasteiger partial charge in [0.25, 0.3) is 0 Å². The summed E-state index contributed by atoms with van der Waals surface area (Å²) in [5.74, 6) is -0.552. The molecular formula is C14H11N3O3. The van der Waals surface area contributed by atoms with Crippen molar-refractivity contribution in [3.05, 3.63) is 47.3 Å². The summed E-state index contributed by atoms with van der Waals surface area (Å²) in [6.45, 7) is 1.58. The van der Waals surface area contributed by atoms with E-state index in [0.29, 0.717) is 17.9 Å². The van der Waals surface area contributed by atoms with Crippen LogP contribution in [0.25, 0.3) is 0 Å². The predicted molar refractivity (Wildman–Crippen MR) is 69.6 cm³/mol. The molecule has 2 rings (SSSR count). The van der Waals surface area contributed by atoms with E-state index in [4.69, 9.17) is 15.1 Å². The van der Waals surface area contributed by atoms with Crippen molar-refractivity contribution in [3.8, 4) is 17.8 Å². The highest BCUT2D eigenvalue weighted by molar-refractivity contribution is 5.88. The van der Waals surface area contributed by atoms with Gasteiger partial charge >= 0.3 is 12.0 Å². The summed E-state index contributed by atoms with van der Waals surface area (Å²) in [4.78, 5) is 18.7. The summed E-state index contributed by atoms with van der Waals surface area (Å²) in [7, 11) is 0. The standard InChI is InChI=1S/C14H11N3O3/c1-9-12(13(18)19)8-16-14(17-9)20-11-4-2-10(3-5-11)6-7-15/h2-5,8H,6H2,1H3,(H,18,19). The summed E-state index contributed by atoms with van der Waals surface area (Å²) < 4.78 is 5.43. The van der Waals surface area contributed by atoms with Crippen LogP contribution in [0.3, 0.4) is 0 Å². The van der Waals surface area contributed by atoms with E-state index in [1.165, 1.54) is 6.20 Å². The molecule has 6 heteroatoms. The van der Waals surface area contributed by atoms with Gasteiger partial charge in [-0.15, -0.1) is 0 Å². The van der Waals surface area contributed by atoms with Gasteiger partial charge in [0, 0.05) is 6.20 Å². The molecule has 0 saturated carbocycles. The lowest BCUT2D eigenvalue weighted by molar-refractivity contribution is 0.0695. The Morgan fingerprint density at radius 1 is 1.40 bits per heavy atom. The Morgan fingerprint density at radius 3 is 2.65 bits per heavy atom. The van der Waals surface area contributed by atoms with Crippen LogP contribution >= 0.6 is 0 Å². The molecule has 0 saturated heterocycles. The molecule has 100 valence electrons. The van der Waals surface area contributed by atoms with Gasteiger partial charge in [0.1, 0.15) is 5.75 Å². The predicted octanol–water partition coefficient (Wildman–Crippen LogP) is 2.34. The number of rotatable bonds is 4. The number of hydrogen-bond acceptors (Lipinski definition) is 5. The fourth-order valence-electron chi connectivity index (χ4n) is 1.58. The first-order valence-electron chi connectivity index (χ1n) is 5.81. The average molecular weight is 269 g/mol. The zero-order valence-electron chi connectivity index (χ0n) is 10.7. The third-order valence-electron chi connectivity index (χ3n) is 2.60. The summed E-state index contributed by atoms with van der Waals surface area (Å²) in [6, 6.07) is 9.10. The lowest BCUT2D eigenvalue weighted by Crippen LogP contribution is -2.04. The molecule has 1 heterocycles. The molecule has 0 aliphatic carbocycles. The van der Waals surface area contributed by atoms with Gasteiger partial charge in [-0.2, -0.15) is 10.2 Å². The third kappa shape index (κ3) is 3.09. The van der Waals surface area contributed by atoms with E-state index < -0.39 is 5.97 Å². The summed E-state index contributed by atoms with van der Waals surface area (Å²) >= 11 is 0. The quantitative estimate of drug-likeness (QED) is 0.915. The number of ether oxygens (including phenoxy) is 1. The van der Waals surface area contributed by atoms with E-state index >= 15 is 0 Å².